The SMILES string of the molecule is Cc1cccc2nc(C(=O)N3CCNC(=O)CC3)cn12. The highest BCUT2D eigenvalue weighted by Crippen LogP contribution is 2.11. The number of aromatic nitrogens is 2. The summed E-state index contributed by atoms with van der Waals surface area (Å²) in [4.78, 5) is 29.8. The summed E-state index contributed by atoms with van der Waals surface area (Å²) >= 11 is 0. The van der Waals surface area contributed by atoms with E-state index in [-0.39, 0.29) is 11.8 Å². The third kappa shape index (κ3) is 2.24. The van der Waals surface area contributed by atoms with Crippen LogP contribution in [-0.2, 0) is 4.79 Å². The smallest absolute Gasteiger partial charge is 0.274 e. The maximum atomic E-state index is 12.5. The Hall–Kier alpha value is -2.37. The molecule has 20 heavy (non-hydrogen) atoms. The normalized spacial score (nSPS) is 16.1. The van der Waals surface area contributed by atoms with Crippen LogP contribution >= 0.6 is 0 Å². The molecular formula is C14H16N4O2. The number of nitrogens with one attached hydrogen (secondary N) is 1. The summed E-state index contributed by atoms with van der Waals surface area (Å²) in [5.74, 6) is -0.129. The summed E-state index contributed by atoms with van der Waals surface area (Å²) in [7, 11) is 0. The first-order valence-corrected chi connectivity index (χ1v) is 6.66. The van der Waals surface area contributed by atoms with Gasteiger partial charge >= 0.3 is 0 Å². The van der Waals surface area contributed by atoms with Crippen LogP contribution in [0.2, 0.25) is 0 Å². The topological polar surface area (TPSA) is 66.7 Å². The molecule has 1 aliphatic rings. The molecule has 0 radical (unpaired) electrons. The molecule has 1 saturated heterocycles. The van der Waals surface area contributed by atoms with Gasteiger partial charge < -0.3 is 14.6 Å². The molecule has 1 fully saturated rings. The van der Waals surface area contributed by atoms with Gasteiger partial charge in [0.2, 0.25) is 5.91 Å². The van der Waals surface area contributed by atoms with Crippen LogP contribution in [0.3, 0.4) is 0 Å². The fourth-order valence-electron chi connectivity index (χ4n) is 2.38. The summed E-state index contributed by atoms with van der Waals surface area (Å²) in [5, 5.41) is 2.76. The van der Waals surface area contributed by atoms with Gasteiger partial charge in [0, 0.05) is 37.9 Å². The minimum atomic E-state index is -0.121. The Bertz CT molecular complexity index is 677. The molecule has 1 N–H and O–H groups in total. The zero-order valence-corrected chi connectivity index (χ0v) is 11.3. The molecule has 2 amide bonds. The molecule has 0 unspecified atom stereocenters. The first kappa shape index (κ1) is 12.7. The number of rotatable bonds is 1. The first-order valence-electron chi connectivity index (χ1n) is 6.66. The van der Waals surface area contributed by atoms with Gasteiger partial charge in [-0.3, -0.25) is 9.59 Å². The van der Waals surface area contributed by atoms with Crippen molar-refractivity contribution in [1.82, 2.24) is 19.6 Å². The Morgan fingerprint density at radius 2 is 2.20 bits per heavy atom. The molecule has 0 aromatic carbocycles. The van der Waals surface area contributed by atoms with Crippen LogP contribution in [0.1, 0.15) is 22.6 Å². The molecule has 3 heterocycles. The van der Waals surface area contributed by atoms with Gasteiger partial charge in [0.05, 0.1) is 0 Å². The fraction of sp³-hybridized carbons (Fsp3) is 0.357. The molecular weight excluding hydrogens is 256 g/mol. The lowest BCUT2D eigenvalue weighted by atomic mass is 10.3. The van der Waals surface area contributed by atoms with Crippen molar-refractivity contribution in [2.24, 2.45) is 0 Å². The van der Waals surface area contributed by atoms with Crippen LogP contribution in [0.15, 0.2) is 24.4 Å². The summed E-state index contributed by atoms with van der Waals surface area (Å²) in [6.07, 6.45) is 2.10. The average Bonchev–Trinajstić information content (AvgIpc) is 2.76. The van der Waals surface area contributed by atoms with Crippen LogP contribution in [0.25, 0.3) is 5.65 Å². The molecule has 3 rings (SSSR count). The number of aryl methyl sites for hydroxylation is 1. The molecule has 6 heteroatoms. The first-order chi connectivity index (χ1) is 9.65. The average molecular weight is 272 g/mol. The lowest BCUT2D eigenvalue weighted by Crippen LogP contribution is -2.34. The molecule has 0 atom stereocenters. The van der Waals surface area contributed by atoms with Crippen LogP contribution < -0.4 is 5.32 Å². The number of pyridine rings is 1. The number of hydrogen-bond acceptors (Lipinski definition) is 3. The molecule has 1 aliphatic heterocycles. The molecule has 104 valence electrons. The highest BCUT2D eigenvalue weighted by atomic mass is 16.2. The standard InChI is InChI=1S/C14H16N4O2/c1-10-3-2-4-12-16-11(9-18(10)12)14(20)17-7-5-13(19)15-6-8-17/h2-4,9H,5-8H2,1H3,(H,15,19). The van der Waals surface area contributed by atoms with Gasteiger partial charge in [0.1, 0.15) is 11.3 Å². The van der Waals surface area contributed by atoms with E-state index in [0.29, 0.717) is 31.7 Å². The maximum absolute atomic E-state index is 12.5. The number of nitrogens with zero attached hydrogens (tertiary/aromatic N) is 3. The predicted octanol–water partition coefficient (Wildman–Crippen LogP) is 0.605. The minimum Gasteiger partial charge on any atom is -0.354 e. The predicted molar refractivity (Wildman–Crippen MR) is 73.5 cm³/mol. The van der Waals surface area contributed by atoms with E-state index >= 15 is 0 Å². The van der Waals surface area contributed by atoms with Crippen molar-refractivity contribution in [3.63, 3.8) is 0 Å². The highest BCUT2D eigenvalue weighted by molar-refractivity contribution is 5.93. The number of imidazole rings is 1. The Balaban J connectivity index is 1.88. The van der Waals surface area contributed by atoms with Crippen molar-refractivity contribution >= 4 is 17.5 Å². The molecule has 0 aliphatic carbocycles. The second-order valence-corrected chi connectivity index (χ2v) is 4.91. The van der Waals surface area contributed by atoms with Crippen molar-refractivity contribution in [2.75, 3.05) is 19.6 Å². The van der Waals surface area contributed by atoms with E-state index in [1.807, 2.05) is 29.5 Å². The van der Waals surface area contributed by atoms with Crippen molar-refractivity contribution in [3.05, 3.63) is 35.8 Å². The van der Waals surface area contributed by atoms with Crippen molar-refractivity contribution in [3.8, 4) is 0 Å². The number of carbonyl (C=O) groups excluding carboxylic acids is 2. The van der Waals surface area contributed by atoms with Crippen LogP contribution in [0.4, 0.5) is 0 Å². The summed E-state index contributed by atoms with van der Waals surface area (Å²) in [5.41, 5.74) is 2.22. The van der Waals surface area contributed by atoms with E-state index in [9.17, 15) is 9.59 Å². The van der Waals surface area contributed by atoms with Crippen LogP contribution in [0, 0.1) is 6.92 Å². The van der Waals surface area contributed by atoms with Crippen LogP contribution in [-0.4, -0.2) is 45.7 Å². The molecule has 0 spiro atoms. The van der Waals surface area contributed by atoms with Gasteiger partial charge in [0.25, 0.3) is 5.91 Å². The van der Waals surface area contributed by atoms with Crippen molar-refractivity contribution < 1.29 is 9.59 Å². The van der Waals surface area contributed by atoms with Gasteiger partial charge in [-0.25, -0.2) is 4.98 Å². The molecule has 0 saturated carbocycles. The monoisotopic (exact) mass is 272 g/mol. The van der Waals surface area contributed by atoms with Gasteiger partial charge in [-0.1, -0.05) is 6.07 Å². The van der Waals surface area contributed by atoms with E-state index in [1.54, 1.807) is 11.1 Å². The molecule has 2 aromatic heterocycles. The summed E-state index contributed by atoms with van der Waals surface area (Å²) < 4.78 is 1.90. The van der Waals surface area contributed by atoms with Crippen molar-refractivity contribution in [1.29, 1.82) is 0 Å². The minimum absolute atomic E-state index is 0.00820. The second kappa shape index (κ2) is 4.96. The van der Waals surface area contributed by atoms with E-state index in [1.165, 1.54) is 0 Å². The van der Waals surface area contributed by atoms with Crippen molar-refractivity contribution in [2.45, 2.75) is 13.3 Å². The van der Waals surface area contributed by atoms with Gasteiger partial charge in [-0.15, -0.1) is 0 Å². The highest BCUT2D eigenvalue weighted by Gasteiger charge is 2.21. The van der Waals surface area contributed by atoms with Gasteiger partial charge in [-0.2, -0.15) is 0 Å². The number of amides is 2. The third-order valence-corrected chi connectivity index (χ3v) is 3.51. The number of carbonyl (C=O) groups is 2. The Morgan fingerprint density at radius 3 is 3.00 bits per heavy atom. The van der Waals surface area contributed by atoms with Crippen LogP contribution in [0.5, 0.6) is 0 Å². The number of hydrogen-bond donors (Lipinski definition) is 1. The van der Waals surface area contributed by atoms with E-state index < -0.39 is 0 Å². The molecule has 2 aromatic rings. The summed E-state index contributed by atoms with van der Waals surface area (Å²) in [6.45, 7) is 3.43. The zero-order valence-electron chi connectivity index (χ0n) is 11.3. The zero-order chi connectivity index (χ0) is 14.1. The Kier molecular flexibility index (Phi) is 3.14. The lowest BCUT2D eigenvalue weighted by Gasteiger charge is -2.17. The van der Waals surface area contributed by atoms with E-state index in [0.717, 1.165) is 11.3 Å². The maximum Gasteiger partial charge on any atom is 0.274 e. The van der Waals surface area contributed by atoms with E-state index in [2.05, 4.69) is 10.3 Å². The quantitative estimate of drug-likeness (QED) is 0.827. The summed E-state index contributed by atoms with van der Waals surface area (Å²) in [6, 6.07) is 5.76. The van der Waals surface area contributed by atoms with Gasteiger partial charge in [-0.05, 0) is 19.1 Å². The molecule has 0 bridgehead atoms. The Labute approximate surface area is 116 Å². The number of fused-ring (bicyclic) bond motifs is 1. The van der Waals surface area contributed by atoms with E-state index in [4.69, 9.17) is 0 Å². The third-order valence-electron chi connectivity index (χ3n) is 3.51. The second-order valence-electron chi connectivity index (χ2n) is 4.91. The largest absolute Gasteiger partial charge is 0.354 e. The Morgan fingerprint density at radius 1 is 1.35 bits per heavy atom. The lowest BCUT2D eigenvalue weighted by molar-refractivity contribution is -0.120. The molecule has 6 nitrogen and oxygen atoms in total. The van der Waals surface area contributed by atoms with Gasteiger partial charge in [0.15, 0.2) is 0 Å². The fourth-order valence-corrected chi connectivity index (χ4v) is 2.38.